The fourth-order valence-electron chi connectivity index (χ4n) is 2.15. The molecule has 2 rings (SSSR count). The number of halogens is 2. The highest BCUT2D eigenvalue weighted by molar-refractivity contribution is 9.10. The van der Waals surface area contributed by atoms with Gasteiger partial charge < -0.3 is 10.1 Å². The number of hydrogen-bond donors (Lipinski definition) is 1. The number of ether oxygens (including phenoxy) is 1. The van der Waals surface area contributed by atoms with Crippen molar-refractivity contribution in [3.05, 3.63) is 57.0 Å². The number of amides is 1. The number of hydrogen-bond acceptors (Lipinski definition) is 3. The highest BCUT2D eigenvalue weighted by Crippen LogP contribution is 2.31. The third kappa shape index (κ3) is 4.82. The summed E-state index contributed by atoms with van der Waals surface area (Å²) in [6.07, 6.45) is 0.238. The number of rotatable bonds is 6. The van der Waals surface area contributed by atoms with E-state index in [1.807, 2.05) is 6.92 Å². The summed E-state index contributed by atoms with van der Waals surface area (Å²) in [5, 5.41) is 3.33. The van der Waals surface area contributed by atoms with E-state index < -0.39 is 0 Å². The first-order valence-electron chi connectivity index (χ1n) is 7.33. The SMILES string of the molecule is COc1cc(Cl)c(C)cc1NC(=O)CCC(=O)c1ccc(Br)cc1. The predicted molar refractivity (Wildman–Crippen MR) is 99.1 cm³/mol. The van der Waals surface area contributed by atoms with Crippen molar-refractivity contribution >= 4 is 44.9 Å². The molecule has 126 valence electrons. The zero-order chi connectivity index (χ0) is 17.7. The topological polar surface area (TPSA) is 55.4 Å². The second-order valence-corrected chi connectivity index (χ2v) is 6.60. The van der Waals surface area contributed by atoms with Crippen LogP contribution >= 0.6 is 27.5 Å². The van der Waals surface area contributed by atoms with Crippen LogP contribution in [-0.2, 0) is 4.79 Å². The van der Waals surface area contributed by atoms with E-state index in [9.17, 15) is 9.59 Å². The van der Waals surface area contributed by atoms with Gasteiger partial charge in [0, 0.05) is 34.0 Å². The molecule has 0 unspecified atom stereocenters. The molecule has 0 fully saturated rings. The predicted octanol–water partition coefficient (Wildman–Crippen LogP) is 5.02. The van der Waals surface area contributed by atoms with Crippen LogP contribution in [0, 0.1) is 6.92 Å². The Morgan fingerprint density at radius 1 is 1.17 bits per heavy atom. The summed E-state index contributed by atoms with van der Waals surface area (Å²) in [5.74, 6) is 0.163. The highest BCUT2D eigenvalue weighted by atomic mass is 79.9. The Hall–Kier alpha value is -1.85. The number of carbonyl (C=O) groups is 2. The summed E-state index contributed by atoms with van der Waals surface area (Å²) in [7, 11) is 1.51. The average molecular weight is 411 g/mol. The zero-order valence-corrected chi connectivity index (χ0v) is 15.7. The van der Waals surface area contributed by atoms with Crippen LogP contribution in [0.5, 0.6) is 5.75 Å². The minimum atomic E-state index is -0.250. The first kappa shape index (κ1) is 18.5. The molecule has 4 nitrogen and oxygen atoms in total. The maximum Gasteiger partial charge on any atom is 0.224 e. The molecule has 0 aliphatic carbocycles. The third-order valence-electron chi connectivity index (χ3n) is 3.50. The minimum absolute atomic E-state index is 0.0723. The lowest BCUT2D eigenvalue weighted by Gasteiger charge is -2.12. The van der Waals surface area contributed by atoms with E-state index in [0.29, 0.717) is 22.0 Å². The lowest BCUT2D eigenvalue weighted by atomic mass is 10.1. The van der Waals surface area contributed by atoms with Crippen molar-refractivity contribution in [2.75, 3.05) is 12.4 Å². The number of carbonyl (C=O) groups excluding carboxylic acids is 2. The largest absolute Gasteiger partial charge is 0.495 e. The van der Waals surface area contributed by atoms with Gasteiger partial charge in [0.25, 0.3) is 0 Å². The van der Waals surface area contributed by atoms with Crippen LogP contribution < -0.4 is 10.1 Å². The van der Waals surface area contributed by atoms with Gasteiger partial charge >= 0.3 is 0 Å². The number of anilines is 1. The van der Waals surface area contributed by atoms with Gasteiger partial charge in [0.2, 0.25) is 5.91 Å². The molecule has 1 amide bonds. The Balaban J connectivity index is 1.97. The van der Waals surface area contributed by atoms with Gasteiger partial charge in [0.15, 0.2) is 5.78 Å². The zero-order valence-electron chi connectivity index (χ0n) is 13.4. The van der Waals surface area contributed by atoms with E-state index in [-0.39, 0.29) is 24.5 Å². The molecule has 6 heteroatoms. The van der Waals surface area contributed by atoms with Gasteiger partial charge in [-0.15, -0.1) is 0 Å². The molecule has 0 heterocycles. The summed E-state index contributed by atoms with van der Waals surface area (Å²) in [4.78, 5) is 24.2. The van der Waals surface area contributed by atoms with Crippen molar-refractivity contribution in [3.63, 3.8) is 0 Å². The lowest BCUT2D eigenvalue weighted by Crippen LogP contribution is -2.14. The van der Waals surface area contributed by atoms with Gasteiger partial charge in [-0.3, -0.25) is 9.59 Å². The number of aryl methyl sites for hydroxylation is 1. The van der Waals surface area contributed by atoms with Crippen LogP contribution in [0.3, 0.4) is 0 Å². The van der Waals surface area contributed by atoms with Gasteiger partial charge in [-0.05, 0) is 30.7 Å². The van der Waals surface area contributed by atoms with Crippen LogP contribution in [0.2, 0.25) is 5.02 Å². The van der Waals surface area contributed by atoms with Crippen molar-refractivity contribution in [1.29, 1.82) is 0 Å². The molecule has 2 aromatic carbocycles. The van der Waals surface area contributed by atoms with Gasteiger partial charge in [-0.1, -0.05) is 39.7 Å². The van der Waals surface area contributed by atoms with Gasteiger partial charge in [-0.25, -0.2) is 0 Å². The van der Waals surface area contributed by atoms with Crippen LogP contribution in [0.4, 0.5) is 5.69 Å². The van der Waals surface area contributed by atoms with Gasteiger partial charge in [-0.2, -0.15) is 0 Å². The normalized spacial score (nSPS) is 10.3. The fraction of sp³-hybridized carbons (Fsp3) is 0.222. The van der Waals surface area contributed by atoms with Gasteiger partial charge in [0.1, 0.15) is 5.75 Å². The third-order valence-corrected chi connectivity index (χ3v) is 4.44. The number of nitrogens with one attached hydrogen (secondary N) is 1. The molecular formula is C18H17BrClNO3. The molecule has 0 saturated heterocycles. The Labute approximate surface area is 154 Å². The molecule has 1 N–H and O–H groups in total. The molecule has 0 aliphatic rings. The van der Waals surface area contributed by atoms with Crippen LogP contribution in [0.15, 0.2) is 40.9 Å². The molecule has 0 saturated carbocycles. The lowest BCUT2D eigenvalue weighted by molar-refractivity contribution is -0.116. The summed E-state index contributed by atoms with van der Waals surface area (Å²) >= 11 is 9.36. The molecular weight excluding hydrogens is 394 g/mol. The second-order valence-electron chi connectivity index (χ2n) is 5.28. The van der Waals surface area contributed by atoms with E-state index in [1.165, 1.54) is 7.11 Å². The Kier molecular flexibility index (Phi) is 6.40. The van der Waals surface area contributed by atoms with Crippen molar-refractivity contribution in [2.24, 2.45) is 0 Å². The summed E-state index contributed by atoms with van der Waals surface area (Å²) < 4.78 is 6.12. The van der Waals surface area contributed by atoms with E-state index in [2.05, 4.69) is 21.2 Å². The monoisotopic (exact) mass is 409 g/mol. The van der Waals surface area contributed by atoms with E-state index in [1.54, 1.807) is 36.4 Å². The molecule has 0 radical (unpaired) electrons. The number of ketones is 1. The van der Waals surface area contributed by atoms with Crippen molar-refractivity contribution in [2.45, 2.75) is 19.8 Å². The molecule has 24 heavy (non-hydrogen) atoms. The highest BCUT2D eigenvalue weighted by Gasteiger charge is 2.13. The molecule has 0 aliphatic heterocycles. The number of benzene rings is 2. The smallest absolute Gasteiger partial charge is 0.224 e. The number of Topliss-reactive ketones (excluding diaryl/α,β-unsaturated/α-hetero) is 1. The van der Waals surface area contributed by atoms with Crippen molar-refractivity contribution in [1.82, 2.24) is 0 Å². The summed E-state index contributed by atoms with van der Waals surface area (Å²) in [6.45, 7) is 1.84. The van der Waals surface area contributed by atoms with Crippen molar-refractivity contribution in [3.8, 4) is 5.75 Å². The Morgan fingerprint density at radius 2 is 1.83 bits per heavy atom. The standard InChI is InChI=1S/C18H17BrClNO3/c1-11-9-15(17(24-2)10-14(11)20)21-18(23)8-7-16(22)12-3-5-13(19)6-4-12/h3-6,9-10H,7-8H2,1-2H3,(H,21,23). The molecule has 0 aromatic heterocycles. The molecule has 0 atom stereocenters. The second kappa shape index (κ2) is 8.31. The first-order valence-corrected chi connectivity index (χ1v) is 8.50. The van der Waals surface area contributed by atoms with E-state index in [4.69, 9.17) is 16.3 Å². The van der Waals surface area contributed by atoms with E-state index in [0.717, 1.165) is 10.0 Å². The van der Waals surface area contributed by atoms with Crippen LogP contribution in [-0.4, -0.2) is 18.8 Å². The van der Waals surface area contributed by atoms with Gasteiger partial charge in [0.05, 0.1) is 12.8 Å². The molecule has 2 aromatic rings. The quantitative estimate of drug-likeness (QED) is 0.680. The summed E-state index contributed by atoms with van der Waals surface area (Å²) in [5.41, 5.74) is 1.96. The first-order chi connectivity index (χ1) is 11.4. The number of methoxy groups -OCH3 is 1. The fourth-order valence-corrected chi connectivity index (χ4v) is 2.57. The molecule has 0 bridgehead atoms. The van der Waals surface area contributed by atoms with Crippen LogP contribution in [0.25, 0.3) is 0 Å². The average Bonchev–Trinajstić information content (AvgIpc) is 2.56. The Morgan fingerprint density at radius 3 is 2.46 bits per heavy atom. The Bertz CT molecular complexity index is 760. The molecule has 0 spiro atoms. The van der Waals surface area contributed by atoms with E-state index >= 15 is 0 Å². The minimum Gasteiger partial charge on any atom is -0.495 e. The maximum atomic E-state index is 12.1. The maximum absolute atomic E-state index is 12.1. The summed E-state index contributed by atoms with van der Waals surface area (Å²) in [6, 6.07) is 10.5. The van der Waals surface area contributed by atoms with Crippen molar-refractivity contribution < 1.29 is 14.3 Å². The van der Waals surface area contributed by atoms with Crippen LogP contribution in [0.1, 0.15) is 28.8 Å².